The molecule has 0 radical (unpaired) electrons. The summed E-state index contributed by atoms with van der Waals surface area (Å²) < 4.78 is 5.48. The van der Waals surface area contributed by atoms with Crippen LogP contribution in [-0.4, -0.2) is 6.61 Å². The summed E-state index contributed by atoms with van der Waals surface area (Å²) in [5, 5.41) is 7.70. The van der Waals surface area contributed by atoms with Gasteiger partial charge in [0.2, 0.25) is 0 Å². The van der Waals surface area contributed by atoms with Crippen LogP contribution >= 0.6 is 11.3 Å². The molecule has 0 unspecified atom stereocenters. The van der Waals surface area contributed by atoms with Gasteiger partial charge in [0.1, 0.15) is 5.75 Å². The number of hydrogen-bond acceptors (Lipinski definition) is 3. The Morgan fingerprint density at radius 2 is 2.31 bits per heavy atom. The molecule has 0 saturated heterocycles. The molecule has 1 aromatic heterocycles. The maximum absolute atomic E-state index is 5.48. The molecule has 0 aliphatic carbocycles. The van der Waals surface area contributed by atoms with E-state index in [1.165, 1.54) is 16.8 Å². The monoisotopic (exact) mass is 231 g/mol. The first-order chi connectivity index (χ1) is 7.92. The summed E-state index contributed by atoms with van der Waals surface area (Å²) in [6.07, 6.45) is 1.03. The molecule has 0 spiro atoms. The molecule has 0 atom stereocenters. The van der Waals surface area contributed by atoms with Crippen molar-refractivity contribution in [1.82, 2.24) is 0 Å². The van der Waals surface area contributed by atoms with Crippen molar-refractivity contribution in [2.45, 2.75) is 13.0 Å². The fourth-order valence-corrected chi connectivity index (χ4v) is 2.56. The average Bonchev–Trinajstić information content (AvgIpc) is 2.97. The van der Waals surface area contributed by atoms with Gasteiger partial charge in [-0.25, -0.2) is 0 Å². The van der Waals surface area contributed by atoms with Gasteiger partial charge in [0.05, 0.1) is 6.61 Å². The Hall–Kier alpha value is -1.48. The van der Waals surface area contributed by atoms with Crippen molar-refractivity contribution in [2.24, 2.45) is 0 Å². The van der Waals surface area contributed by atoms with Crippen molar-refractivity contribution in [1.29, 1.82) is 0 Å². The number of fused-ring (bicyclic) bond motifs is 1. The number of anilines is 1. The Bertz CT molecular complexity index is 479. The van der Waals surface area contributed by atoms with Gasteiger partial charge in [0, 0.05) is 18.7 Å². The lowest BCUT2D eigenvalue weighted by Crippen LogP contribution is -1.98. The minimum atomic E-state index is 0.823. The maximum atomic E-state index is 5.48. The molecule has 2 aromatic rings. The van der Waals surface area contributed by atoms with Gasteiger partial charge in [-0.3, -0.25) is 0 Å². The van der Waals surface area contributed by atoms with Crippen LogP contribution in [0.1, 0.15) is 11.1 Å². The topological polar surface area (TPSA) is 21.3 Å². The smallest absolute Gasteiger partial charge is 0.122 e. The zero-order chi connectivity index (χ0) is 10.8. The zero-order valence-corrected chi connectivity index (χ0v) is 9.72. The van der Waals surface area contributed by atoms with E-state index in [4.69, 9.17) is 4.74 Å². The van der Waals surface area contributed by atoms with Gasteiger partial charge in [0.25, 0.3) is 0 Å². The summed E-state index contributed by atoms with van der Waals surface area (Å²) >= 11 is 1.73. The van der Waals surface area contributed by atoms with Gasteiger partial charge in [-0.1, -0.05) is 0 Å². The van der Waals surface area contributed by atoms with Crippen molar-refractivity contribution in [3.63, 3.8) is 0 Å². The molecule has 82 valence electrons. The lowest BCUT2D eigenvalue weighted by Gasteiger charge is -2.06. The third-order valence-corrected chi connectivity index (χ3v) is 3.50. The molecule has 1 aromatic carbocycles. The third kappa shape index (κ3) is 1.91. The van der Waals surface area contributed by atoms with E-state index in [1.807, 2.05) is 0 Å². The van der Waals surface area contributed by atoms with E-state index in [9.17, 15) is 0 Å². The predicted octanol–water partition coefficient (Wildman–Crippen LogP) is 3.30. The molecule has 16 heavy (non-hydrogen) atoms. The summed E-state index contributed by atoms with van der Waals surface area (Å²) in [7, 11) is 0. The van der Waals surface area contributed by atoms with E-state index in [0.717, 1.165) is 25.3 Å². The van der Waals surface area contributed by atoms with E-state index in [2.05, 4.69) is 40.3 Å². The summed E-state index contributed by atoms with van der Waals surface area (Å²) in [5.41, 5.74) is 3.83. The first-order valence-corrected chi connectivity index (χ1v) is 6.37. The van der Waals surface area contributed by atoms with Gasteiger partial charge in [-0.15, -0.1) is 0 Å². The van der Waals surface area contributed by atoms with Crippen molar-refractivity contribution >= 4 is 17.0 Å². The van der Waals surface area contributed by atoms with Crippen LogP contribution in [0.15, 0.2) is 35.0 Å². The Balaban J connectivity index is 1.71. The van der Waals surface area contributed by atoms with Crippen LogP contribution in [0.25, 0.3) is 0 Å². The van der Waals surface area contributed by atoms with Crippen molar-refractivity contribution in [3.05, 3.63) is 46.2 Å². The quantitative estimate of drug-likeness (QED) is 0.875. The van der Waals surface area contributed by atoms with E-state index < -0.39 is 0 Å². The molecule has 1 aliphatic rings. The largest absolute Gasteiger partial charge is 0.493 e. The number of rotatable bonds is 3. The average molecular weight is 231 g/mol. The molecule has 3 rings (SSSR count). The van der Waals surface area contributed by atoms with Crippen LogP contribution in [0.4, 0.5) is 5.69 Å². The van der Waals surface area contributed by atoms with E-state index in [-0.39, 0.29) is 0 Å². The molecule has 0 bridgehead atoms. The molecule has 3 heteroatoms. The van der Waals surface area contributed by atoms with Crippen LogP contribution in [0.5, 0.6) is 5.75 Å². The normalized spacial score (nSPS) is 13.2. The molecular weight excluding hydrogens is 218 g/mol. The van der Waals surface area contributed by atoms with Crippen molar-refractivity contribution < 1.29 is 4.74 Å². The lowest BCUT2D eigenvalue weighted by molar-refractivity contribution is 0.357. The van der Waals surface area contributed by atoms with Crippen LogP contribution in [0.2, 0.25) is 0 Å². The van der Waals surface area contributed by atoms with Gasteiger partial charge in [-0.05, 0) is 46.2 Å². The van der Waals surface area contributed by atoms with E-state index >= 15 is 0 Å². The second-order valence-electron chi connectivity index (χ2n) is 3.91. The molecule has 1 N–H and O–H groups in total. The molecule has 2 heterocycles. The molecular formula is C13H13NOS. The summed E-state index contributed by atoms with van der Waals surface area (Å²) in [4.78, 5) is 0. The number of nitrogens with one attached hydrogen (secondary N) is 1. The van der Waals surface area contributed by atoms with Crippen molar-refractivity contribution in [2.75, 3.05) is 11.9 Å². The van der Waals surface area contributed by atoms with Gasteiger partial charge in [0.15, 0.2) is 0 Å². The number of benzene rings is 1. The number of ether oxygens (including phenoxy) is 1. The Labute approximate surface area is 98.9 Å². The summed E-state index contributed by atoms with van der Waals surface area (Å²) in [6, 6.07) is 8.47. The zero-order valence-electron chi connectivity index (χ0n) is 8.90. The second-order valence-corrected chi connectivity index (χ2v) is 4.69. The molecule has 2 nitrogen and oxygen atoms in total. The molecule has 0 fully saturated rings. The highest BCUT2D eigenvalue weighted by Crippen LogP contribution is 2.28. The van der Waals surface area contributed by atoms with E-state index in [1.54, 1.807) is 11.3 Å². The summed E-state index contributed by atoms with van der Waals surface area (Å²) in [5.74, 6) is 1.04. The van der Waals surface area contributed by atoms with Crippen molar-refractivity contribution in [3.8, 4) is 5.75 Å². The fraction of sp³-hybridized carbons (Fsp3) is 0.231. The standard InChI is InChI=1S/C13H13NOS/c1-2-13-11(3-5-15-13)7-12(1)14-8-10-4-6-16-9-10/h1-2,4,6-7,9,14H,3,5,8H2. The maximum Gasteiger partial charge on any atom is 0.122 e. The molecule has 0 amide bonds. The van der Waals surface area contributed by atoms with Crippen LogP contribution < -0.4 is 10.1 Å². The first-order valence-electron chi connectivity index (χ1n) is 5.42. The SMILES string of the molecule is c1cc(CNc2ccc3c(c2)CCO3)cs1. The van der Waals surface area contributed by atoms with Gasteiger partial charge >= 0.3 is 0 Å². The van der Waals surface area contributed by atoms with Gasteiger partial charge < -0.3 is 10.1 Å². The highest BCUT2D eigenvalue weighted by Gasteiger charge is 2.11. The second kappa shape index (κ2) is 4.18. The minimum Gasteiger partial charge on any atom is -0.493 e. The number of thiophene rings is 1. The minimum absolute atomic E-state index is 0.823. The number of hydrogen-bond donors (Lipinski definition) is 1. The molecule has 0 saturated carbocycles. The highest BCUT2D eigenvalue weighted by atomic mass is 32.1. The lowest BCUT2D eigenvalue weighted by atomic mass is 10.1. The van der Waals surface area contributed by atoms with Crippen LogP contribution in [-0.2, 0) is 13.0 Å². The molecule has 1 aliphatic heterocycles. The summed E-state index contributed by atoms with van der Waals surface area (Å²) in [6.45, 7) is 1.71. The van der Waals surface area contributed by atoms with Crippen LogP contribution in [0.3, 0.4) is 0 Å². The Kier molecular flexibility index (Phi) is 2.54. The fourth-order valence-electron chi connectivity index (χ4n) is 1.89. The predicted molar refractivity (Wildman–Crippen MR) is 67.3 cm³/mol. The van der Waals surface area contributed by atoms with E-state index in [0.29, 0.717) is 0 Å². The Morgan fingerprint density at radius 1 is 1.31 bits per heavy atom. The van der Waals surface area contributed by atoms with Crippen LogP contribution in [0, 0.1) is 0 Å². The highest BCUT2D eigenvalue weighted by molar-refractivity contribution is 7.07. The van der Waals surface area contributed by atoms with Gasteiger partial charge in [-0.2, -0.15) is 11.3 Å². The third-order valence-electron chi connectivity index (χ3n) is 2.77. The first kappa shape index (κ1) is 9.73. The Morgan fingerprint density at radius 3 is 3.19 bits per heavy atom.